The Bertz CT molecular complexity index is 823. The number of anilines is 1. The van der Waals surface area contributed by atoms with Crippen LogP contribution in [0.1, 0.15) is 18.1 Å². The number of ether oxygens (including phenoxy) is 1. The van der Waals surface area contributed by atoms with Gasteiger partial charge < -0.3 is 4.74 Å². The summed E-state index contributed by atoms with van der Waals surface area (Å²) < 4.78 is 5.15. The van der Waals surface area contributed by atoms with Crippen molar-refractivity contribution in [3.63, 3.8) is 0 Å². The van der Waals surface area contributed by atoms with Crippen LogP contribution in [-0.2, 0) is 4.79 Å². The molecule has 0 saturated carbocycles. The fourth-order valence-corrected chi connectivity index (χ4v) is 3.39. The van der Waals surface area contributed by atoms with Crippen LogP contribution in [0.4, 0.5) is 10.5 Å². The summed E-state index contributed by atoms with van der Waals surface area (Å²) in [6.45, 7) is 3.82. The van der Waals surface area contributed by atoms with E-state index in [1.54, 1.807) is 19.2 Å². The molecule has 4 nitrogen and oxygen atoms in total. The number of hydrogen-bond acceptors (Lipinski definition) is 4. The zero-order chi connectivity index (χ0) is 17.3. The minimum absolute atomic E-state index is 0.272. The lowest BCUT2D eigenvalue weighted by Crippen LogP contribution is -2.27. The average molecular weight is 339 g/mol. The topological polar surface area (TPSA) is 46.6 Å². The number of hydrogen-bond donors (Lipinski definition) is 0. The Hall–Kier alpha value is -2.53. The summed E-state index contributed by atoms with van der Waals surface area (Å²) >= 11 is 0.980. The summed E-state index contributed by atoms with van der Waals surface area (Å²) in [5.41, 5.74) is 3.36. The number of carbonyl (C=O) groups excluding carboxylic acids is 2. The van der Waals surface area contributed by atoms with Crippen LogP contribution in [0.3, 0.4) is 0 Å². The third-order valence-corrected chi connectivity index (χ3v) is 4.97. The SMILES string of the molecule is COc1ccc(/C(C)=C2\SC(=O)N(c3ccc(C)cc3)C2=O)cc1. The molecule has 0 unspecified atom stereocenters. The highest BCUT2D eigenvalue weighted by molar-refractivity contribution is 8.19. The molecule has 2 aromatic carbocycles. The highest BCUT2D eigenvalue weighted by Gasteiger charge is 2.37. The summed E-state index contributed by atoms with van der Waals surface area (Å²) in [7, 11) is 1.61. The van der Waals surface area contributed by atoms with Gasteiger partial charge in [-0.1, -0.05) is 29.8 Å². The Morgan fingerprint density at radius 3 is 2.21 bits per heavy atom. The minimum atomic E-state index is -0.276. The number of carbonyl (C=O) groups is 2. The molecule has 1 aliphatic heterocycles. The summed E-state index contributed by atoms with van der Waals surface area (Å²) in [5, 5.41) is -0.272. The van der Waals surface area contributed by atoms with Crippen molar-refractivity contribution in [2.24, 2.45) is 0 Å². The first-order valence-electron chi connectivity index (χ1n) is 7.49. The van der Waals surface area contributed by atoms with Gasteiger partial charge in [0.15, 0.2) is 0 Å². The van der Waals surface area contributed by atoms with Crippen molar-refractivity contribution in [3.05, 3.63) is 64.6 Å². The van der Waals surface area contributed by atoms with E-state index in [0.29, 0.717) is 10.6 Å². The molecule has 122 valence electrons. The highest BCUT2D eigenvalue weighted by Crippen LogP contribution is 2.39. The van der Waals surface area contributed by atoms with E-state index >= 15 is 0 Å². The molecule has 0 atom stereocenters. The maximum absolute atomic E-state index is 12.7. The molecule has 0 radical (unpaired) electrons. The van der Waals surface area contributed by atoms with Crippen molar-refractivity contribution in [1.82, 2.24) is 0 Å². The highest BCUT2D eigenvalue weighted by atomic mass is 32.2. The van der Waals surface area contributed by atoms with E-state index in [2.05, 4.69) is 0 Å². The van der Waals surface area contributed by atoms with Gasteiger partial charge in [-0.2, -0.15) is 0 Å². The number of amides is 2. The van der Waals surface area contributed by atoms with Gasteiger partial charge in [-0.3, -0.25) is 9.59 Å². The number of imide groups is 1. The molecule has 24 heavy (non-hydrogen) atoms. The Labute approximate surface area is 145 Å². The van der Waals surface area contributed by atoms with Gasteiger partial charge in [-0.25, -0.2) is 4.90 Å². The third-order valence-electron chi connectivity index (χ3n) is 3.93. The molecule has 2 amide bonds. The van der Waals surface area contributed by atoms with Gasteiger partial charge in [0.25, 0.3) is 11.1 Å². The number of allylic oxidation sites excluding steroid dienone is 1. The molecule has 0 spiro atoms. The molecular weight excluding hydrogens is 322 g/mol. The predicted molar refractivity (Wildman–Crippen MR) is 97.2 cm³/mol. The van der Waals surface area contributed by atoms with Crippen LogP contribution in [-0.4, -0.2) is 18.3 Å². The van der Waals surface area contributed by atoms with Gasteiger partial charge in [-0.05, 0) is 61.0 Å². The first-order chi connectivity index (χ1) is 11.5. The van der Waals surface area contributed by atoms with Crippen LogP contribution >= 0.6 is 11.8 Å². The molecule has 3 rings (SSSR count). The van der Waals surface area contributed by atoms with E-state index < -0.39 is 0 Å². The normalized spacial score (nSPS) is 16.5. The quantitative estimate of drug-likeness (QED) is 0.765. The van der Waals surface area contributed by atoms with E-state index in [1.807, 2.05) is 50.2 Å². The zero-order valence-electron chi connectivity index (χ0n) is 13.7. The van der Waals surface area contributed by atoms with Crippen molar-refractivity contribution in [1.29, 1.82) is 0 Å². The Kier molecular flexibility index (Phi) is 4.44. The van der Waals surface area contributed by atoms with Crippen molar-refractivity contribution in [3.8, 4) is 5.75 Å². The first-order valence-corrected chi connectivity index (χ1v) is 8.31. The molecule has 1 saturated heterocycles. The molecule has 5 heteroatoms. The second-order valence-corrected chi connectivity index (χ2v) is 6.49. The second-order valence-electron chi connectivity index (χ2n) is 5.53. The Morgan fingerprint density at radius 2 is 1.62 bits per heavy atom. The van der Waals surface area contributed by atoms with Crippen LogP contribution in [0.25, 0.3) is 5.57 Å². The standard InChI is InChI=1S/C19H17NO3S/c1-12-4-8-15(9-5-12)20-18(21)17(24-19(20)22)13(2)14-6-10-16(23-3)11-7-14/h4-11H,1-3H3/b17-13-. The fourth-order valence-electron chi connectivity index (χ4n) is 2.49. The van der Waals surface area contributed by atoms with E-state index in [9.17, 15) is 9.59 Å². The van der Waals surface area contributed by atoms with Crippen LogP contribution in [0.5, 0.6) is 5.75 Å². The number of methoxy groups -OCH3 is 1. The summed E-state index contributed by atoms with van der Waals surface area (Å²) in [6, 6.07) is 14.8. The largest absolute Gasteiger partial charge is 0.497 e. The van der Waals surface area contributed by atoms with Crippen molar-refractivity contribution < 1.29 is 14.3 Å². The number of rotatable bonds is 3. The molecule has 1 heterocycles. The Morgan fingerprint density at radius 1 is 1.00 bits per heavy atom. The van der Waals surface area contributed by atoms with Gasteiger partial charge in [0.05, 0.1) is 17.7 Å². The number of aryl methyl sites for hydroxylation is 1. The Balaban J connectivity index is 1.95. The van der Waals surface area contributed by atoms with Crippen molar-refractivity contribution in [2.75, 3.05) is 12.0 Å². The van der Waals surface area contributed by atoms with E-state index in [-0.39, 0.29) is 11.1 Å². The van der Waals surface area contributed by atoms with Gasteiger partial charge in [0.1, 0.15) is 5.75 Å². The summed E-state index contributed by atoms with van der Waals surface area (Å²) in [4.78, 5) is 26.8. The first kappa shape index (κ1) is 16.3. The molecule has 0 N–H and O–H groups in total. The van der Waals surface area contributed by atoms with Crippen LogP contribution in [0.2, 0.25) is 0 Å². The lowest BCUT2D eigenvalue weighted by molar-refractivity contribution is -0.113. The van der Waals surface area contributed by atoms with Gasteiger partial charge in [0.2, 0.25) is 0 Å². The average Bonchev–Trinajstić information content (AvgIpc) is 2.90. The molecule has 1 aliphatic rings. The lowest BCUT2D eigenvalue weighted by atomic mass is 10.1. The molecule has 0 aromatic heterocycles. The smallest absolute Gasteiger partial charge is 0.298 e. The van der Waals surface area contributed by atoms with E-state index in [4.69, 9.17) is 4.74 Å². The monoisotopic (exact) mass is 339 g/mol. The molecule has 0 bridgehead atoms. The second kappa shape index (κ2) is 6.53. The number of nitrogens with zero attached hydrogens (tertiary/aromatic N) is 1. The third kappa shape index (κ3) is 2.95. The summed E-state index contributed by atoms with van der Waals surface area (Å²) in [5.74, 6) is 0.474. The minimum Gasteiger partial charge on any atom is -0.497 e. The van der Waals surface area contributed by atoms with Gasteiger partial charge in [0, 0.05) is 0 Å². The maximum atomic E-state index is 12.7. The molecule has 1 fully saturated rings. The summed E-state index contributed by atoms with van der Waals surface area (Å²) in [6.07, 6.45) is 0. The van der Waals surface area contributed by atoms with Crippen LogP contribution < -0.4 is 9.64 Å². The number of benzene rings is 2. The zero-order valence-corrected chi connectivity index (χ0v) is 14.5. The van der Waals surface area contributed by atoms with Crippen molar-refractivity contribution in [2.45, 2.75) is 13.8 Å². The van der Waals surface area contributed by atoms with E-state index in [0.717, 1.165) is 34.2 Å². The van der Waals surface area contributed by atoms with Crippen molar-refractivity contribution >= 4 is 34.2 Å². The molecular formula is C19H17NO3S. The van der Waals surface area contributed by atoms with E-state index in [1.165, 1.54) is 4.90 Å². The fraction of sp³-hybridized carbons (Fsp3) is 0.158. The molecule has 0 aliphatic carbocycles. The predicted octanol–water partition coefficient (Wildman–Crippen LogP) is 4.63. The maximum Gasteiger partial charge on any atom is 0.298 e. The number of thioether (sulfide) groups is 1. The van der Waals surface area contributed by atoms with Gasteiger partial charge >= 0.3 is 0 Å². The van der Waals surface area contributed by atoms with Gasteiger partial charge in [-0.15, -0.1) is 0 Å². The van der Waals surface area contributed by atoms with Crippen LogP contribution in [0.15, 0.2) is 53.4 Å². The molecule has 2 aromatic rings. The van der Waals surface area contributed by atoms with Crippen LogP contribution in [0, 0.1) is 6.92 Å². The lowest BCUT2D eigenvalue weighted by Gasteiger charge is -2.13.